The molecule has 0 unspecified atom stereocenters. The van der Waals surface area contributed by atoms with E-state index in [1.165, 1.54) is 12.4 Å². The van der Waals surface area contributed by atoms with Crippen molar-refractivity contribution in [3.05, 3.63) is 113 Å². The van der Waals surface area contributed by atoms with Crippen LogP contribution in [0.15, 0.2) is 84.7 Å². The summed E-state index contributed by atoms with van der Waals surface area (Å²) >= 11 is 0. The van der Waals surface area contributed by atoms with Crippen LogP contribution in [0.1, 0.15) is 34.4 Å². The van der Waals surface area contributed by atoms with Gasteiger partial charge < -0.3 is 10.1 Å². The molecule has 0 saturated carbocycles. The van der Waals surface area contributed by atoms with Crippen LogP contribution in [0, 0.1) is 12.7 Å². The third kappa shape index (κ3) is 2.68. The number of aromatic nitrogens is 3. The number of fused-ring (bicyclic) bond motifs is 3. The molecule has 6 heteroatoms. The topological polar surface area (TPSA) is 52.0 Å². The van der Waals surface area contributed by atoms with Crippen LogP contribution in [0.25, 0.3) is 5.70 Å². The van der Waals surface area contributed by atoms with E-state index >= 15 is 4.39 Å². The van der Waals surface area contributed by atoms with Gasteiger partial charge in [0.1, 0.15) is 30.0 Å². The van der Waals surface area contributed by atoms with Crippen molar-refractivity contribution in [2.24, 2.45) is 0 Å². The number of anilines is 1. The lowest BCUT2D eigenvalue weighted by Gasteiger charge is -2.39. The van der Waals surface area contributed by atoms with Gasteiger partial charge in [-0.1, -0.05) is 54.6 Å². The molecule has 6 rings (SSSR count). The fourth-order valence-corrected chi connectivity index (χ4v) is 4.55. The molecular weight excluding hydrogens is 391 g/mol. The Morgan fingerprint density at radius 3 is 2.52 bits per heavy atom. The quantitative estimate of drug-likeness (QED) is 0.488. The number of nitrogens with zero attached hydrogens (tertiary/aromatic N) is 3. The maximum atomic E-state index is 15.1. The van der Waals surface area contributed by atoms with Crippen molar-refractivity contribution in [1.29, 1.82) is 0 Å². The van der Waals surface area contributed by atoms with Gasteiger partial charge in [0.25, 0.3) is 0 Å². The molecule has 0 aliphatic carbocycles. The Balaban J connectivity index is 1.67. The van der Waals surface area contributed by atoms with Crippen molar-refractivity contribution in [3.63, 3.8) is 0 Å². The summed E-state index contributed by atoms with van der Waals surface area (Å²) < 4.78 is 23.4. The van der Waals surface area contributed by atoms with E-state index in [4.69, 9.17) is 4.74 Å². The Morgan fingerprint density at radius 2 is 1.68 bits per heavy atom. The molecule has 0 fully saturated rings. The molecule has 0 spiro atoms. The molecule has 1 aromatic heterocycles. The highest BCUT2D eigenvalue weighted by Crippen LogP contribution is 2.51. The molecule has 2 atom stereocenters. The fourth-order valence-electron chi connectivity index (χ4n) is 4.55. The molecule has 0 bridgehead atoms. The van der Waals surface area contributed by atoms with Gasteiger partial charge in [0.05, 0.1) is 5.70 Å². The number of benzene rings is 3. The molecule has 2 aliphatic heterocycles. The van der Waals surface area contributed by atoms with Gasteiger partial charge in [0.2, 0.25) is 5.95 Å². The predicted octanol–water partition coefficient (Wildman–Crippen LogP) is 5.29. The first-order valence-corrected chi connectivity index (χ1v) is 10.2. The second kappa shape index (κ2) is 6.80. The van der Waals surface area contributed by atoms with Gasteiger partial charge in [0, 0.05) is 16.7 Å². The van der Waals surface area contributed by atoms with E-state index in [1.54, 1.807) is 16.8 Å². The molecule has 2 aliphatic rings. The van der Waals surface area contributed by atoms with E-state index in [-0.39, 0.29) is 5.82 Å². The lowest BCUT2D eigenvalue weighted by molar-refractivity contribution is 0.221. The van der Waals surface area contributed by atoms with Crippen molar-refractivity contribution in [1.82, 2.24) is 14.8 Å². The van der Waals surface area contributed by atoms with Crippen LogP contribution in [0.3, 0.4) is 0 Å². The summed E-state index contributed by atoms with van der Waals surface area (Å²) in [7, 11) is 0. The zero-order valence-electron chi connectivity index (χ0n) is 16.8. The molecule has 0 saturated heterocycles. The number of hydrogen-bond donors (Lipinski definition) is 1. The van der Waals surface area contributed by atoms with Crippen LogP contribution in [-0.2, 0) is 0 Å². The Labute approximate surface area is 178 Å². The predicted molar refractivity (Wildman–Crippen MR) is 116 cm³/mol. The highest BCUT2D eigenvalue weighted by Gasteiger charge is 2.41. The number of para-hydroxylation sites is 1. The summed E-state index contributed by atoms with van der Waals surface area (Å²) in [4.78, 5) is 4.38. The van der Waals surface area contributed by atoms with Gasteiger partial charge >= 0.3 is 0 Å². The summed E-state index contributed by atoms with van der Waals surface area (Å²) in [6.45, 7) is 2.06. The number of nitrogens with one attached hydrogen (secondary N) is 1. The van der Waals surface area contributed by atoms with Crippen LogP contribution >= 0.6 is 0 Å². The first-order chi connectivity index (χ1) is 15.2. The summed E-state index contributed by atoms with van der Waals surface area (Å²) in [6.07, 6.45) is 1.09. The van der Waals surface area contributed by atoms with Crippen molar-refractivity contribution in [2.75, 3.05) is 5.32 Å². The van der Waals surface area contributed by atoms with Crippen LogP contribution in [0.4, 0.5) is 10.3 Å². The lowest BCUT2D eigenvalue weighted by Crippen LogP contribution is -2.33. The summed E-state index contributed by atoms with van der Waals surface area (Å²) in [6, 6.07) is 22.4. The van der Waals surface area contributed by atoms with Gasteiger partial charge in [-0.05, 0) is 36.2 Å². The molecule has 5 nitrogen and oxygen atoms in total. The number of ether oxygens (including phenoxy) is 1. The Morgan fingerprint density at radius 1 is 0.935 bits per heavy atom. The smallest absolute Gasteiger partial charge is 0.226 e. The third-order valence-corrected chi connectivity index (χ3v) is 5.99. The van der Waals surface area contributed by atoms with E-state index in [1.807, 2.05) is 42.5 Å². The molecular formula is C25H19FN4O. The average Bonchev–Trinajstić information content (AvgIpc) is 3.26. The molecule has 4 aromatic rings. The zero-order chi connectivity index (χ0) is 20.9. The van der Waals surface area contributed by atoms with Gasteiger partial charge in [0.15, 0.2) is 0 Å². The third-order valence-electron chi connectivity index (χ3n) is 5.99. The maximum Gasteiger partial charge on any atom is 0.226 e. The molecule has 152 valence electrons. The highest BCUT2D eigenvalue weighted by atomic mass is 19.1. The number of rotatable bonds is 2. The Kier molecular flexibility index (Phi) is 3.93. The van der Waals surface area contributed by atoms with Gasteiger partial charge in [-0.15, -0.1) is 0 Å². The van der Waals surface area contributed by atoms with Crippen LogP contribution in [-0.4, -0.2) is 14.8 Å². The normalized spacial score (nSPS) is 19.0. The van der Waals surface area contributed by atoms with Crippen molar-refractivity contribution < 1.29 is 9.13 Å². The largest absolute Gasteiger partial charge is 0.480 e. The molecule has 1 N–H and O–H groups in total. The first-order valence-electron chi connectivity index (χ1n) is 10.2. The Hall–Kier alpha value is -3.93. The lowest BCUT2D eigenvalue weighted by atomic mass is 9.83. The van der Waals surface area contributed by atoms with Crippen molar-refractivity contribution in [2.45, 2.75) is 19.1 Å². The van der Waals surface area contributed by atoms with Crippen molar-refractivity contribution in [3.8, 4) is 5.75 Å². The van der Waals surface area contributed by atoms with E-state index in [0.29, 0.717) is 11.5 Å². The van der Waals surface area contributed by atoms with Gasteiger partial charge in [-0.25, -0.2) is 9.07 Å². The van der Waals surface area contributed by atoms with Crippen LogP contribution < -0.4 is 10.1 Å². The second-order valence-corrected chi connectivity index (χ2v) is 7.76. The van der Waals surface area contributed by atoms with Gasteiger partial charge in [-0.3, -0.25) is 0 Å². The average molecular weight is 410 g/mol. The number of aryl methyl sites for hydroxylation is 1. The van der Waals surface area contributed by atoms with Crippen molar-refractivity contribution >= 4 is 11.6 Å². The number of hydrogen-bond acceptors (Lipinski definition) is 4. The van der Waals surface area contributed by atoms with E-state index in [2.05, 4.69) is 34.5 Å². The summed E-state index contributed by atoms with van der Waals surface area (Å²) in [5.74, 6) is 1.07. The van der Waals surface area contributed by atoms with Crippen LogP contribution in [0.2, 0.25) is 0 Å². The molecule has 0 amide bonds. The monoisotopic (exact) mass is 410 g/mol. The second-order valence-electron chi connectivity index (χ2n) is 7.76. The zero-order valence-corrected chi connectivity index (χ0v) is 16.8. The standard InChI is InChI=1S/C25H19FN4O/c1-15-8-2-3-9-16(15)24-21-22(18-11-5-7-13-20(18)31-24)29-25-27-14-28-30(25)23(21)17-10-4-6-12-19(17)26/h2-14,23-24H,1H3,(H,27,28,29)/t23-,24+/m0/s1. The van der Waals surface area contributed by atoms with Crippen LogP contribution in [0.5, 0.6) is 5.75 Å². The molecule has 31 heavy (non-hydrogen) atoms. The van der Waals surface area contributed by atoms with E-state index < -0.39 is 12.1 Å². The number of halogens is 1. The minimum absolute atomic E-state index is 0.287. The molecule has 0 radical (unpaired) electrons. The highest BCUT2D eigenvalue weighted by molar-refractivity contribution is 5.85. The summed E-state index contributed by atoms with van der Waals surface area (Å²) in [5, 5.41) is 7.88. The van der Waals surface area contributed by atoms with E-state index in [9.17, 15) is 0 Å². The minimum Gasteiger partial charge on any atom is -0.480 e. The SMILES string of the molecule is Cc1ccccc1[C@H]1Oc2ccccc2C2=C1[C@H](c1ccccc1F)n1ncnc1N2. The maximum absolute atomic E-state index is 15.1. The van der Waals surface area contributed by atoms with Gasteiger partial charge in [-0.2, -0.15) is 10.1 Å². The summed E-state index contributed by atoms with van der Waals surface area (Å²) in [5.41, 5.74) is 5.41. The first kappa shape index (κ1) is 17.9. The van der Waals surface area contributed by atoms with E-state index in [0.717, 1.165) is 33.7 Å². The minimum atomic E-state index is -0.493. The fraction of sp³-hybridized carbons (Fsp3) is 0.120. The Bertz CT molecular complexity index is 1340. The molecule has 3 aromatic carbocycles. The molecule has 3 heterocycles.